The average molecular weight is 406 g/mol. The molecule has 0 saturated carbocycles. The molecule has 0 spiro atoms. The summed E-state index contributed by atoms with van der Waals surface area (Å²) in [4.78, 5) is 38.1. The molecule has 3 atom stereocenters. The summed E-state index contributed by atoms with van der Waals surface area (Å²) >= 11 is 0. The van der Waals surface area contributed by atoms with E-state index >= 15 is 0 Å². The van der Waals surface area contributed by atoms with Gasteiger partial charge in [0.1, 0.15) is 0 Å². The molecule has 9 heteroatoms. The average Bonchev–Trinajstić information content (AvgIpc) is 2.65. The molecule has 28 heavy (non-hydrogen) atoms. The highest BCUT2D eigenvalue weighted by molar-refractivity contribution is 7.17. The van der Waals surface area contributed by atoms with Crippen LogP contribution in [0.2, 0.25) is 0 Å². The maximum Gasteiger partial charge on any atom is 0.338 e. The van der Waals surface area contributed by atoms with Gasteiger partial charge in [-0.3, -0.25) is 18.7 Å². The Kier molecular flexibility index (Phi) is 7.57. The molecule has 0 bridgehead atoms. The van der Waals surface area contributed by atoms with Gasteiger partial charge in [0.2, 0.25) is 0 Å². The molecule has 1 heterocycles. The summed E-state index contributed by atoms with van der Waals surface area (Å²) in [6, 6.07) is 7.83. The zero-order valence-electron chi connectivity index (χ0n) is 16.2. The third-order valence-electron chi connectivity index (χ3n) is 4.27. The predicted octanol–water partition coefficient (Wildman–Crippen LogP) is 2.93. The van der Waals surface area contributed by atoms with E-state index in [0.29, 0.717) is 11.0 Å². The van der Waals surface area contributed by atoms with Crippen LogP contribution in [0.15, 0.2) is 46.1 Å². The van der Waals surface area contributed by atoms with Gasteiger partial charge in [-0.05, 0) is 46.2 Å². The zero-order valence-corrected chi connectivity index (χ0v) is 17.1. The van der Waals surface area contributed by atoms with Crippen LogP contribution in [0.1, 0.15) is 49.2 Å². The van der Waals surface area contributed by atoms with E-state index in [2.05, 4.69) is 0 Å². The molecule has 1 aromatic carbocycles. The third kappa shape index (κ3) is 5.10. The fraction of sp³-hybridized carbons (Fsp3) is 0.421. The maximum absolute atomic E-state index is 12.9. The topological polar surface area (TPSA) is 96.6 Å². The number of ether oxygens (including phenoxy) is 1. The highest BCUT2D eigenvalue weighted by atomic mass is 31.1. The van der Waals surface area contributed by atoms with E-state index in [1.807, 2.05) is 0 Å². The van der Waals surface area contributed by atoms with Crippen molar-refractivity contribution >= 4 is 14.6 Å². The zero-order chi connectivity index (χ0) is 20.8. The molecule has 0 aliphatic rings. The Balaban J connectivity index is 2.35. The van der Waals surface area contributed by atoms with Gasteiger partial charge < -0.3 is 4.74 Å². The minimum atomic E-state index is -0.702. The molecule has 8 nitrogen and oxygen atoms in total. The summed E-state index contributed by atoms with van der Waals surface area (Å²) in [6.07, 6.45) is 0.880. The maximum atomic E-state index is 12.9. The first-order valence-corrected chi connectivity index (χ1v) is 9.57. The molecule has 0 aliphatic heterocycles. The Morgan fingerprint density at radius 1 is 1.14 bits per heavy atom. The van der Waals surface area contributed by atoms with Crippen LogP contribution in [0.3, 0.4) is 0 Å². The van der Waals surface area contributed by atoms with Gasteiger partial charge in [0.15, 0.2) is 6.29 Å². The van der Waals surface area contributed by atoms with Crippen LogP contribution >= 0.6 is 8.69 Å². The lowest BCUT2D eigenvalue weighted by Crippen LogP contribution is -2.45. The molecular weight excluding hydrogens is 383 g/mol. The van der Waals surface area contributed by atoms with Crippen molar-refractivity contribution in [2.24, 2.45) is 0 Å². The van der Waals surface area contributed by atoms with Gasteiger partial charge in [0.05, 0.1) is 6.10 Å². The van der Waals surface area contributed by atoms with Crippen molar-refractivity contribution < 1.29 is 18.6 Å². The van der Waals surface area contributed by atoms with Crippen molar-refractivity contribution in [1.82, 2.24) is 9.13 Å². The summed E-state index contributed by atoms with van der Waals surface area (Å²) in [5.41, 5.74) is -0.799. The predicted molar refractivity (Wildman–Crippen MR) is 104 cm³/mol. The monoisotopic (exact) mass is 406 g/mol. The Morgan fingerprint density at radius 2 is 1.79 bits per heavy atom. The molecule has 3 unspecified atom stereocenters. The van der Waals surface area contributed by atoms with Crippen molar-refractivity contribution in [1.29, 1.82) is 0 Å². The van der Waals surface area contributed by atoms with E-state index in [-0.39, 0.29) is 23.3 Å². The van der Waals surface area contributed by atoms with E-state index in [4.69, 9.17) is 9.26 Å². The molecule has 2 aromatic rings. The first-order chi connectivity index (χ1) is 13.3. The van der Waals surface area contributed by atoms with Gasteiger partial charge >= 0.3 is 14.4 Å². The van der Waals surface area contributed by atoms with Gasteiger partial charge in [-0.1, -0.05) is 18.2 Å². The van der Waals surface area contributed by atoms with E-state index in [0.717, 1.165) is 0 Å². The number of aromatic nitrogens is 2. The van der Waals surface area contributed by atoms with Crippen LogP contribution in [0, 0.1) is 6.92 Å². The van der Waals surface area contributed by atoms with E-state index < -0.39 is 32.1 Å². The minimum absolute atomic E-state index is 0.256. The van der Waals surface area contributed by atoms with Crippen molar-refractivity contribution in [3.8, 4) is 0 Å². The van der Waals surface area contributed by atoms with Gasteiger partial charge in [-0.2, -0.15) is 4.57 Å². The molecule has 0 radical (unpaired) electrons. The normalized spacial score (nSPS) is 14.6. The number of hydrogen-bond acceptors (Lipinski definition) is 6. The largest absolute Gasteiger partial charge is 0.349 e. The highest BCUT2D eigenvalue weighted by Gasteiger charge is 2.21. The van der Waals surface area contributed by atoms with Crippen molar-refractivity contribution in [3.05, 3.63) is 68.5 Å². The summed E-state index contributed by atoms with van der Waals surface area (Å²) in [6.45, 7) is 6.75. The number of carbonyl (C=O) groups excluding carboxylic acids is 1. The van der Waals surface area contributed by atoms with Crippen molar-refractivity contribution in [3.63, 3.8) is 0 Å². The van der Waals surface area contributed by atoms with Gasteiger partial charge in [-0.15, -0.1) is 0 Å². The number of rotatable bonds is 8. The van der Waals surface area contributed by atoms with Crippen molar-refractivity contribution in [2.45, 2.75) is 52.6 Å². The summed E-state index contributed by atoms with van der Waals surface area (Å²) in [7, 11) is -0.476. The van der Waals surface area contributed by atoms with Crippen LogP contribution in [-0.4, -0.2) is 27.4 Å². The Hall–Kier alpha value is -2.41. The van der Waals surface area contributed by atoms with Crippen LogP contribution in [0.4, 0.5) is 0 Å². The van der Waals surface area contributed by atoms with E-state index in [9.17, 15) is 18.9 Å². The molecule has 1 aromatic heterocycles. The Bertz CT molecular complexity index is 953. The van der Waals surface area contributed by atoms with Gasteiger partial charge in [-0.25, -0.2) is 9.36 Å². The fourth-order valence-electron chi connectivity index (χ4n) is 2.96. The van der Waals surface area contributed by atoms with Crippen LogP contribution in [0.5, 0.6) is 0 Å². The summed E-state index contributed by atoms with van der Waals surface area (Å²) in [5, 5.41) is 0. The molecule has 0 saturated heterocycles. The molecule has 150 valence electrons. The summed E-state index contributed by atoms with van der Waals surface area (Å²) < 4.78 is 22.8. The van der Waals surface area contributed by atoms with Gasteiger partial charge in [0, 0.05) is 23.4 Å². The van der Waals surface area contributed by atoms with Crippen LogP contribution < -0.4 is 11.2 Å². The molecule has 0 aliphatic carbocycles. The number of hydrogen-bond donors (Lipinski definition) is 0. The highest BCUT2D eigenvalue weighted by Crippen LogP contribution is 2.16. The second-order valence-corrected chi connectivity index (χ2v) is 6.95. The molecule has 2 rings (SSSR count). The number of benzene rings is 1. The molecule has 0 N–H and O–H groups in total. The number of aryl methyl sites for hydroxylation is 1. The summed E-state index contributed by atoms with van der Waals surface area (Å²) in [5.74, 6) is -0.666. The Labute approximate surface area is 164 Å². The Morgan fingerprint density at radius 3 is 2.39 bits per heavy atom. The fourth-order valence-corrected chi connectivity index (χ4v) is 3.14. The quantitative estimate of drug-likeness (QED) is 0.494. The number of nitrogens with zero attached hydrogens (tertiary/aromatic N) is 2. The lowest BCUT2D eigenvalue weighted by Gasteiger charge is -2.22. The first kappa shape index (κ1) is 21.9. The SMILES string of the molecule is Cc1cn(C(C)CC(C)OC(C)OP=O)c(=O)n(C(=O)c2ccccc2)c1=O. The van der Waals surface area contributed by atoms with Crippen molar-refractivity contribution in [2.75, 3.05) is 0 Å². The lowest BCUT2D eigenvalue weighted by atomic mass is 10.1. The smallest absolute Gasteiger partial charge is 0.338 e. The second-order valence-electron chi connectivity index (χ2n) is 6.59. The molecule has 0 amide bonds. The standard InChI is InChI=1S/C19H23N2O6P/c1-12-11-20(13(2)10-14(3)26-15(4)27-28-25)19(24)21(17(12)22)18(23)16-8-6-5-7-9-16/h5-9,11,13-15H,10H2,1-4H3. The minimum Gasteiger partial charge on any atom is -0.349 e. The second kappa shape index (κ2) is 9.68. The first-order valence-electron chi connectivity index (χ1n) is 8.84. The third-order valence-corrected chi connectivity index (χ3v) is 4.66. The molecule has 0 fully saturated rings. The van der Waals surface area contributed by atoms with Crippen LogP contribution in [-0.2, 0) is 13.8 Å². The lowest BCUT2D eigenvalue weighted by molar-refractivity contribution is -0.101. The molecular formula is C19H23N2O6P. The van der Waals surface area contributed by atoms with Gasteiger partial charge in [0.25, 0.3) is 11.5 Å². The van der Waals surface area contributed by atoms with E-state index in [1.165, 1.54) is 10.8 Å². The van der Waals surface area contributed by atoms with E-state index in [1.54, 1.807) is 58.0 Å². The van der Waals surface area contributed by atoms with Crippen LogP contribution in [0.25, 0.3) is 0 Å². The number of carbonyl (C=O) groups is 1.